The van der Waals surface area contributed by atoms with Crippen LogP contribution in [0.15, 0.2) is 54.6 Å². The summed E-state index contributed by atoms with van der Waals surface area (Å²) in [6, 6.07) is 13.9. The zero-order valence-electron chi connectivity index (χ0n) is 10.0. The van der Waals surface area contributed by atoms with Gasteiger partial charge in [-0.3, -0.25) is 4.79 Å². The van der Waals surface area contributed by atoms with Crippen LogP contribution in [0.5, 0.6) is 0 Å². The van der Waals surface area contributed by atoms with Gasteiger partial charge in [0.05, 0.1) is 6.57 Å². The van der Waals surface area contributed by atoms with Gasteiger partial charge in [-0.1, -0.05) is 41.9 Å². The SMILES string of the molecule is [C-]#[N+]c1ccccc1/C=C/C(=O)c1ccc(Cl)cc1. The predicted octanol–water partition coefficient (Wildman–Crippen LogP) is 4.79. The lowest BCUT2D eigenvalue weighted by Gasteiger charge is -1.98. The molecule has 0 atom stereocenters. The lowest BCUT2D eigenvalue weighted by molar-refractivity contribution is 0.104. The molecule has 0 N–H and O–H groups in total. The van der Waals surface area contributed by atoms with Crippen molar-refractivity contribution < 1.29 is 4.79 Å². The van der Waals surface area contributed by atoms with Gasteiger partial charge >= 0.3 is 0 Å². The molecule has 0 heterocycles. The Bertz CT molecular complexity index is 666. The monoisotopic (exact) mass is 267 g/mol. The van der Waals surface area contributed by atoms with Crippen molar-refractivity contribution in [2.45, 2.75) is 0 Å². The summed E-state index contributed by atoms with van der Waals surface area (Å²) in [5, 5.41) is 0.596. The molecule has 0 unspecified atom stereocenters. The number of rotatable bonds is 3. The fraction of sp³-hybridized carbons (Fsp3) is 0. The van der Waals surface area contributed by atoms with Crippen molar-refractivity contribution in [3.8, 4) is 0 Å². The minimum Gasteiger partial charge on any atom is -0.289 e. The number of para-hydroxylation sites is 1. The molecular formula is C16H10ClNO. The van der Waals surface area contributed by atoms with Gasteiger partial charge in [-0.2, -0.15) is 0 Å². The minimum atomic E-state index is -0.114. The molecule has 0 aliphatic rings. The largest absolute Gasteiger partial charge is 0.289 e. The topological polar surface area (TPSA) is 21.4 Å². The van der Waals surface area contributed by atoms with Crippen LogP contribution in [0.25, 0.3) is 10.9 Å². The first kappa shape index (κ1) is 13.1. The Morgan fingerprint density at radius 3 is 2.47 bits per heavy atom. The summed E-state index contributed by atoms with van der Waals surface area (Å²) in [5.74, 6) is -0.114. The fourth-order valence-electron chi connectivity index (χ4n) is 1.61. The van der Waals surface area contributed by atoms with Crippen LogP contribution in [0.2, 0.25) is 5.02 Å². The molecule has 0 amide bonds. The van der Waals surface area contributed by atoms with E-state index in [-0.39, 0.29) is 5.78 Å². The summed E-state index contributed by atoms with van der Waals surface area (Å²) < 4.78 is 0. The number of nitrogens with zero attached hydrogens (tertiary/aromatic N) is 1. The molecule has 2 rings (SSSR count). The highest BCUT2D eigenvalue weighted by molar-refractivity contribution is 6.30. The fourth-order valence-corrected chi connectivity index (χ4v) is 1.73. The zero-order valence-corrected chi connectivity index (χ0v) is 10.8. The molecule has 0 aliphatic carbocycles. The van der Waals surface area contributed by atoms with E-state index < -0.39 is 0 Å². The molecule has 0 bridgehead atoms. The highest BCUT2D eigenvalue weighted by Gasteiger charge is 2.02. The van der Waals surface area contributed by atoms with E-state index in [0.29, 0.717) is 16.3 Å². The van der Waals surface area contributed by atoms with Crippen molar-refractivity contribution in [3.63, 3.8) is 0 Å². The Kier molecular flexibility index (Phi) is 4.12. The number of hydrogen-bond acceptors (Lipinski definition) is 1. The van der Waals surface area contributed by atoms with Crippen LogP contribution < -0.4 is 0 Å². The van der Waals surface area contributed by atoms with E-state index in [1.165, 1.54) is 6.08 Å². The Balaban J connectivity index is 2.21. The van der Waals surface area contributed by atoms with E-state index in [0.717, 1.165) is 5.56 Å². The second-order valence-corrected chi connectivity index (χ2v) is 4.31. The van der Waals surface area contributed by atoms with Crippen LogP contribution in [0, 0.1) is 6.57 Å². The molecule has 0 fully saturated rings. The molecule has 2 aromatic rings. The molecular weight excluding hydrogens is 258 g/mol. The summed E-state index contributed by atoms with van der Waals surface area (Å²) >= 11 is 5.77. The summed E-state index contributed by atoms with van der Waals surface area (Å²) in [6.45, 7) is 7.05. The maximum absolute atomic E-state index is 11.9. The highest BCUT2D eigenvalue weighted by atomic mass is 35.5. The molecule has 2 aromatic carbocycles. The molecule has 0 spiro atoms. The van der Waals surface area contributed by atoms with E-state index in [2.05, 4.69) is 4.85 Å². The van der Waals surface area contributed by atoms with Crippen molar-refractivity contribution in [1.29, 1.82) is 0 Å². The second kappa shape index (κ2) is 5.99. The first-order valence-corrected chi connectivity index (χ1v) is 6.03. The molecule has 0 aromatic heterocycles. The third-order valence-corrected chi connectivity index (χ3v) is 2.85. The maximum Gasteiger partial charge on any atom is 0.194 e. The van der Waals surface area contributed by atoms with E-state index >= 15 is 0 Å². The summed E-state index contributed by atoms with van der Waals surface area (Å²) in [4.78, 5) is 15.3. The van der Waals surface area contributed by atoms with Crippen LogP contribution in [-0.4, -0.2) is 5.78 Å². The van der Waals surface area contributed by atoms with Gasteiger partial charge in [0.25, 0.3) is 0 Å². The Morgan fingerprint density at radius 2 is 1.79 bits per heavy atom. The van der Waals surface area contributed by atoms with Crippen molar-refractivity contribution in [2.24, 2.45) is 0 Å². The molecule has 0 saturated heterocycles. The average molecular weight is 268 g/mol. The van der Waals surface area contributed by atoms with Gasteiger partial charge < -0.3 is 0 Å². The first-order chi connectivity index (χ1) is 9.20. The van der Waals surface area contributed by atoms with Crippen molar-refractivity contribution in [1.82, 2.24) is 0 Å². The number of hydrogen-bond donors (Lipinski definition) is 0. The van der Waals surface area contributed by atoms with Crippen molar-refractivity contribution in [3.05, 3.63) is 82.2 Å². The normalized spacial score (nSPS) is 10.3. The molecule has 92 valence electrons. The van der Waals surface area contributed by atoms with Crippen LogP contribution in [0.1, 0.15) is 15.9 Å². The van der Waals surface area contributed by atoms with Crippen LogP contribution in [0.4, 0.5) is 5.69 Å². The Labute approximate surface area is 116 Å². The van der Waals surface area contributed by atoms with Gasteiger partial charge in [-0.05, 0) is 35.9 Å². The molecule has 0 saturated carbocycles. The number of allylic oxidation sites excluding steroid dienone is 1. The quantitative estimate of drug-likeness (QED) is 0.445. The van der Waals surface area contributed by atoms with E-state index in [1.807, 2.05) is 6.07 Å². The number of halogens is 1. The molecule has 2 nitrogen and oxygen atoms in total. The number of ketones is 1. The average Bonchev–Trinajstić information content (AvgIpc) is 2.45. The number of benzene rings is 2. The third-order valence-electron chi connectivity index (χ3n) is 2.60. The summed E-state index contributed by atoms with van der Waals surface area (Å²) in [6.07, 6.45) is 3.12. The smallest absolute Gasteiger partial charge is 0.194 e. The van der Waals surface area contributed by atoms with Gasteiger partial charge in [0.15, 0.2) is 11.5 Å². The predicted molar refractivity (Wildman–Crippen MR) is 77.5 cm³/mol. The Hall–Kier alpha value is -2.37. The number of carbonyl (C=O) groups is 1. The standard InChI is InChI=1S/C16H10ClNO/c1-18-15-5-3-2-4-12(15)8-11-16(19)13-6-9-14(17)10-7-13/h2-11H/b11-8+. The van der Waals surface area contributed by atoms with E-state index in [9.17, 15) is 4.79 Å². The van der Waals surface area contributed by atoms with Gasteiger partial charge in [0.1, 0.15) is 0 Å². The summed E-state index contributed by atoms with van der Waals surface area (Å²) in [7, 11) is 0. The van der Waals surface area contributed by atoms with E-state index in [4.69, 9.17) is 18.2 Å². The lowest BCUT2D eigenvalue weighted by atomic mass is 10.1. The zero-order chi connectivity index (χ0) is 13.7. The van der Waals surface area contributed by atoms with Crippen molar-refractivity contribution >= 4 is 29.1 Å². The molecule has 0 aliphatic heterocycles. The molecule has 0 radical (unpaired) electrons. The van der Waals surface area contributed by atoms with Crippen molar-refractivity contribution in [2.75, 3.05) is 0 Å². The third kappa shape index (κ3) is 3.31. The minimum absolute atomic E-state index is 0.114. The van der Waals surface area contributed by atoms with Gasteiger partial charge in [0, 0.05) is 10.6 Å². The lowest BCUT2D eigenvalue weighted by Crippen LogP contribution is -1.93. The van der Waals surface area contributed by atoms with Crippen LogP contribution in [0.3, 0.4) is 0 Å². The number of carbonyl (C=O) groups excluding carboxylic acids is 1. The van der Waals surface area contributed by atoms with Gasteiger partial charge in [-0.15, -0.1) is 0 Å². The van der Waals surface area contributed by atoms with Gasteiger partial charge in [0.2, 0.25) is 0 Å². The summed E-state index contributed by atoms with van der Waals surface area (Å²) in [5.41, 5.74) is 1.84. The highest BCUT2D eigenvalue weighted by Crippen LogP contribution is 2.20. The second-order valence-electron chi connectivity index (χ2n) is 3.88. The maximum atomic E-state index is 11.9. The van der Waals surface area contributed by atoms with Crippen LogP contribution >= 0.6 is 11.6 Å². The van der Waals surface area contributed by atoms with Gasteiger partial charge in [-0.25, -0.2) is 4.85 Å². The molecule has 3 heteroatoms. The van der Waals surface area contributed by atoms with E-state index in [1.54, 1.807) is 48.5 Å². The van der Waals surface area contributed by atoms with Crippen LogP contribution in [-0.2, 0) is 0 Å². The first-order valence-electron chi connectivity index (χ1n) is 5.65. The Morgan fingerprint density at radius 1 is 1.11 bits per heavy atom. The molecule has 19 heavy (non-hydrogen) atoms.